The van der Waals surface area contributed by atoms with Crippen molar-refractivity contribution in [3.05, 3.63) is 11.6 Å². The average Bonchev–Trinajstić information content (AvgIpc) is 1.69. The summed E-state index contributed by atoms with van der Waals surface area (Å²) < 4.78 is 39.9. The van der Waals surface area contributed by atoms with E-state index in [1.165, 1.54) is 263 Å². The first kappa shape index (κ1) is 87.4. The molecule has 3 fully saturated rings. The molecule has 11 nitrogen and oxygen atoms in total. The van der Waals surface area contributed by atoms with Crippen LogP contribution in [-0.2, 0) is 42.2 Å². The summed E-state index contributed by atoms with van der Waals surface area (Å²) in [7, 11) is 1.18. The Morgan fingerprint density at radius 2 is 0.968 bits per heavy atom. The number of unbranched alkanes of at least 4 members (excludes halogenated alkanes) is 36. The lowest BCUT2D eigenvalue weighted by Gasteiger charge is -2.58. The Balaban J connectivity index is 0.000000497. The van der Waals surface area contributed by atoms with Crippen LogP contribution in [0.5, 0.6) is 0 Å². The number of esters is 3. The summed E-state index contributed by atoms with van der Waals surface area (Å²) in [5.41, 5.74) is 2.54. The van der Waals surface area contributed by atoms with Crippen molar-refractivity contribution in [2.75, 3.05) is 47.5 Å². The molecular formula is C83H156NO10P. The fraction of sp³-hybridized carbons (Fsp3) is 0.940. The fourth-order valence-corrected chi connectivity index (χ4v) is 17.8. The molecule has 0 aromatic rings. The number of nitrogens with zero attached hydrogens (tertiary/aromatic N) is 1. The number of hydrogen-bond donors (Lipinski definition) is 0. The average molecular weight is 1360 g/mol. The summed E-state index contributed by atoms with van der Waals surface area (Å²) in [6, 6.07) is 0. The molecule has 10 atom stereocenters. The van der Waals surface area contributed by atoms with Crippen molar-refractivity contribution in [3.63, 3.8) is 0 Å². The Hall–Kier alpha value is -1.78. The van der Waals surface area contributed by atoms with Crippen LogP contribution >= 0.6 is 7.82 Å². The molecule has 2 unspecified atom stereocenters. The largest absolute Gasteiger partial charge is 0.756 e. The number of carbonyl (C=O) groups is 3. The molecule has 4 aliphatic rings. The number of quaternary nitrogens is 1. The molecule has 0 amide bonds. The molecular weight excluding hydrogens is 1200 g/mol. The molecule has 0 radical (unpaired) electrons. The van der Waals surface area contributed by atoms with Gasteiger partial charge >= 0.3 is 17.9 Å². The van der Waals surface area contributed by atoms with Crippen LogP contribution in [0.1, 0.15) is 396 Å². The zero-order valence-electron chi connectivity index (χ0n) is 64.5. The molecule has 0 aromatic heterocycles. The highest BCUT2D eigenvalue weighted by atomic mass is 31.2. The minimum atomic E-state index is -4.61. The van der Waals surface area contributed by atoms with Crippen LogP contribution in [0, 0.1) is 46.3 Å². The van der Waals surface area contributed by atoms with Crippen molar-refractivity contribution in [2.45, 2.75) is 408 Å². The molecule has 3 saturated carbocycles. The molecule has 0 spiro atoms. The highest BCUT2D eigenvalue weighted by Crippen LogP contribution is 2.67. The van der Waals surface area contributed by atoms with Crippen molar-refractivity contribution in [1.29, 1.82) is 0 Å². The summed E-state index contributed by atoms with van der Waals surface area (Å²) in [6.07, 6.45) is 66.6. The van der Waals surface area contributed by atoms with Crippen LogP contribution in [0.15, 0.2) is 11.6 Å². The monoisotopic (exact) mass is 1360 g/mol. The Morgan fingerprint density at radius 3 is 1.42 bits per heavy atom. The van der Waals surface area contributed by atoms with Gasteiger partial charge in [-0.1, -0.05) is 317 Å². The third-order valence-electron chi connectivity index (χ3n) is 23.2. The van der Waals surface area contributed by atoms with Crippen molar-refractivity contribution >= 4 is 25.7 Å². The lowest BCUT2D eigenvalue weighted by molar-refractivity contribution is -0.870. The maximum atomic E-state index is 12.8. The first-order valence-corrected chi connectivity index (χ1v) is 42.8. The van der Waals surface area contributed by atoms with E-state index in [-0.39, 0.29) is 44.1 Å². The predicted molar refractivity (Wildman–Crippen MR) is 397 cm³/mol. The van der Waals surface area contributed by atoms with Crippen LogP contribution in [0.4, 0.5) is 0 Å². The van der Waals surface area contributed by atoms with E-state index in [9.17, 15) is 23.8 Å². The van der Waals surface area contributed by atoms with Crippen molar-refractivity contribution in [2.24, 2.45) is 46.3 Å². The van der Waals surface area contributed by atoms with Crippen molar-refractivity contribution in [1.82, 2.24) is 0 Å². The molecule has 0 saturated heterocycles. The van der Waals surface area contributed by atoms with Gasteiger partial charge in [-0.3, -0.25) is 18.9 Å². The molecule has 0 aliphatic heterocycles. The molecule has 0 N–H and O–H groups in total. The van der Waals surface area contributed by atoms with Crippen LogP contribution < -0.4 is 4.89 Å². The number of carbonyl (C=O) groups excluding carboxylic acids is 3. The molecule has 0 aromatic carbocycles. The zero-order chi connectivity index (χ0) is 69.5. The summed E-state index contributed by atoms with van der Waals surface area (Å²) >= 11 is 0. The van der Waals surface area contributed by atoms with Gasteiger partial charge in [0.1, 0.15) is 25.9 Å². The van der Waals surface area contributed by atoms with Gasteiger partial charge in [-0.05, 0) is 111 Å². The molecule has 558 valence electrons. The van der Waals surface area contributed by atoms with E-state index in [0.29, 0.717) is 34.7 Å². The Bertz CT molecular complexity index is 2020. The lowest BCUT2D eigenvalue weighted by atomic mass is 9.47. The van der Waals surface area contributed by atoms with Crippen LogP contribution in [0.2, 0.25) is 0 Å². The number of allylic oxidation sites excluding steroid dienone is 1. The number of fused-ring (bicyclic) bond motifs is 5. The topological polar surface area (TPSA) is 137 Å². The molecule has 0 bridgehead atoms. The number of phosphoric ester groups is 1. The van der Waals surface area contributed by atoms with E-state index in [2.05, 4.69) is 61.5 Å². The second-order valence-electron chi connectivity index (χ2n) is 33.0. The first-order chi connectivity index (χ1) is 45.7. The highest BCUT2D eigenvalue weighted by molar-refractivity contribution is 7.45. The molecule has 12 heteroatoms. The van der Waals surface area contributed by atoms with Gasteiger partial charge in [-0.15, -0.1) is 0 Å². The highest BCUT2D eigenvalue weighted by Gasteiger charge is 2.59. The normalized spacial score (nSPS) is 23.0. The van der Waals surface area contributed by atoms with E-state index in [1.807, 2.05) is 21.1 Å². The quantitative estimate of drug-likeness (QED) is 0.0144. The minimum absolute atomic E-state index is 0.0259. The number of phosphoric acid groups is 1. The molecule has 95 heavy (non-hydrogen) atoms. The van der Waals surface area contributed by atoms with Gasteiger partial charge in [0, 0.05) is 25.7 Å². The van der Waals surface area contributed by atoms with Crippen LogP contribution in [0.3, 0.4) is 0 Å². The lowest BCUT2D eigenvalue weighted by Crippen LogP contribution is -2.51. The number of hydrogen-bond acceptors (Lipinski definition) is 10. The first-order valence-electron chi connectivity index (χ1n) is 41.3. The fourth-order valence-electron chi connectivity index (χ4n) is 17.1. The third-order valence-corrected chi connectivity index (χ3v) is 24.1. The van der Waals surface area contributed by atoms with E-state index in [4.69, 9.17) is 23.3 Å². The van der Waals surface area contributed by atoms with Gasteiger partial charge in [-0.2, -0.15) is 0 Å². The second kappa shape index (κ2) is 52.2. The van der Waals surface area contributed by atoms with E-state index in [1.54, 1.807) is 5.57 Å². The summed E-state index contributed by atoms with van der Waals surface area (Å²) in [4.78, 5) is 50.2. The third kappa shape index (κ3) is 39.3. The van der Waals surface area contributed by atoms with Crippen molar-refractivity contribution < 1.29 is 51.6 Å². The summed E-state index contributed by atoms with van der Waals surface area (Å²) in [6.45, 7) is 19.2. The van der Waals surface area contributed by atoms with Gasteiger partial charge in [-0.25, -0.2) is 0 Å². The van der Waals surface area contributed by atoms with E-state index < -0.39 is 26.5 Å². The van der Waals surface area contributed by atoms with E-state index in [0.717, 1.165) is 86.9 Å². The zero-order valence-corrected chi connectivity index (χ0v) is 65.4. The number of rotatable bonds is 58. The minimum Gasteiger partial charge on any atom is -0.756 e. The van der Waals surface area contributed by atoms with Gasteiger partial charge in [0.25, 0.3) is 7.82 Å². The predicted octanol–water partition coefficient (Wildman–Crippen LogP) is 24.0. The van der Waals surface area contributed by atoms with Gasteiger partial charge in [0.2, 0.25) is 0 Å². The van der Waals surface area contributed by atoms with Gasteiger partial charge in [0.15, 0.2) is 6.10 Å². The second-order valence-corrected chi connectivity index (χ2v) is 34.4. The number of ether oxygens (including phenoxy) is 3. The van der Waals surface area contributed by atoms with Gasteiger partial charge < -0.3 is 32.6 Å². The summed E-state index contributed by atoms with van der Waals surface area (Å²) in [5, 5.41) is 0. The van der Waals surface area contributed by atoms with E-state index >= 15 is 0 Å². The van der Waals surface area contributed by atoms with Crippen molar-refractivity contribution in [3.8, 4) is 0 Å². The smallest absolute Gasteiger partial charge is 0.306 e. The maximum Gasteiger partial charge on any atom is 0.306 e. The maximum absolute atomic E-state index is 12.8. The molecule has 0 heterocycles. The van der Waals surface area contributed by atoms with Gasteiger partial charge in [0.05, 0.1) is 27.7 Å². The Kier molecular flexibility index (Phi) is 48.1. The Labute approximate surface area is 587 Å². The standard InChI is InChI=1S/C43H76O2.C40H80NO8P/c1-7-8-9-10-11-12-13-14-15-16-17-18-19-23-41(44)45-36-28-30-42(5)35(32-36)24-25-37-39-27-26-38(34(4)22-20-21-33(2)3)43(39,6)31-29-40(37)42;1-6-8-10-12-14-16-18-20-22-24-26-28-30-32-39(42)46-36-38(37-48-50(44,45)47-35-34-41(3,4)5)49-40(43)33-31-29-27-25-23-21-19-17-15-13-11-9-7-2/h24,33-34,36-40H,7-23,25-32H2,1-6H3;38H,6-37H2,1-5H3/t34-,36+,37+,38-,39+,40+,42+,43-;/m1./s1. The summed E-state index contributed by atoms with van der Waals surface area (Å²) in [5.74, 6) is 4.52. The SMILES string of the molecule is CCCCCCCCCCCCCCCC(=O)OCC(COP(=O)([O-])OCC[N+](C)(C)C)OC(=O)CCCCCCCCCCCCCCC.CCCCCCCCCCCCCCCC(=O)O[C@H]1CC[C@@]2(C)C(=CC[C@H]3[C@@H]4CC[C@H]([C@H](C)CCCC(C)C)[C@@]4(C)CC[C@@H]32)C1. The van der Waals surface area contributed by atoms with Crippen LogP contribution in [0.25, 0.3) is 0 Å². The number of likely N-dealkylation sites (N-methyl/N-ethyl adjacent to an activating group) is 1. The van der Waals surface area contributed by atoms with Crippen LogP contribution in [-0.4, -0.2) is 82.1 Å². The Morgan fingerprint density at radius 1 is 0.526 bits per heavy atom. The molecule has 4 aliphatic carbocycles. The molecule has 4 rings (SSSR count).